The van der Waals surface area contributed by atoms with Crippen LogP contribution in [0.1, 0.15) is 51.4 Å². The second kappa shape index (κ2) is 5.80. The number of amides is 1. The van der Waals surface area contributed by atoms with Crippen LogP contribution in [0.3, 0.4) is 0 Å². The maximum atomic E-state index is 12.2. The van der Waals surface area contributed by atoms with Crippen molar-refractivity contribution in [2.24, 2.45) is 11.8 Å². The van der Waals surface area contributed by atoms with E-state index in [0.717, 1.165) is 38.1 Å². The van der Waals surface area contributed by atoms with E-state index in [1.165, 1.54) is 25.7 Å². The highest BCUT2D eigenvalue weighted by molar-refractivity contribution is 5.82. The molecule has 1 heterocycles. The van der Waals surface area contributed by atoms with E-state index in [9.17, 15) is 9.90 Å². The van der Waals surface area contributed by atoms with Crippen molar-refractivity contribution in [1.82, 2.24) is 10.6 Å². The molecular weight excluding hydrogens is 240 g/mol. The van der Waals surface area contributed by atoms with Crippen LogP contribution in [-0.4, -0.2) is 35.7 Å². The Kier molecular flexibility index (Phi) is 4.08. The maximum absolute atomic E-state index is 12.2. The maximum Gasteiger partial charge on any atom is 0.237 e. The van der Waals surface area contributed by atoms with Gasteiger partial charge in [0.25, 0.3) is 0 Å². The lowest BCUT2D eigenvalue weighted by atomic mass is 9.85. The number of carbonyl (C=O) groups excluding carboxylic acids is 1. The molecule has 19 heavy (non-hydrogen) atoms. The lowest BCUT2D eigenvalue weighted by molar-refractivity contribution is -0.123. The van der Waals surface area contributed by atoms with Gasteiger partial charge in [0.2, 0.25) is 5.91 Å². The van der Waals surface area contributed by atoms with Crippen molar-refractivity contribution in [3.8, 4) is 0 Å². The van der Waals surface area contributed by atoms with E-state index in [1.807, 2.05) is 0 Å². The Morgan fingerprint density at radius 3 is 2.74 bits per heavy atom. The van der Waals surface area contributed by atoms with Gasteiger partial charge in [0, 0.05) is 12.6 Å². The van der Waals surface area contributed by atoms with Gasteiger partial charge in [-0.3, -0.25) is 4.79 Å². The van der Waals surface area contributed by atoms with Crippen LogP contribution < -0.4 is 10.6 Å². The van der Waals surface area contributed by atoms with Gasteiger partial charge in [0.1, 0.15) is 0 Å². The van der Waals surface area contributed by atoms with Crippen LogP contribution in [0, 0.1) is 11.8 Å². The van der Waals surface area contributed by atoms with Crippen LogP contribution >= 0.6 is 0 Å². The molecule has 2 aliphatic carbocycles. The van der Waals surface area contributed by atoms with Crippen molar-refractivity contribution >= 4 is 5.91 Å². The predicted molar refractivity (Wildman–Crippen MR) is 73.6 cm³/mol. The third kappa shape index (κ3) is 3.11. The fraction of sp³-hybridized carbons (Fsp3) is 0.933. The molecule has 1 saturated heterocycles. The monoisotopic (exact) mass is 266 g/mol. The van der Waals surface area contributed by atoms with Crippen molar-refractivity contribution in [3.05, 3.63) is 0 Å². The number of hydrogen-bond acceptors (Lipinski definition) is 3. The van der Waals surface area contributed by atoms with E-state index in [2.05, 4.69) is 10.6 Å². The molecule has 0 aromatic heterocycles. The van der Waals surface area contributed by atoms with Gasteiger partial charge in [-0.25, -0.2) is 0 Å². The smallest absolute Gasteiger partial charge is 0.237 e. The van der Waals surface area contributed by atoms with E-state index < -0.39 is 0 Å². The van der Waals surface area contributed by atoms with Crippen molar-refractivity contribution in [2.75, 3.05) is 6.54 Å². The van der Waals surface area contributed by atoms with Crippen LogP contribution in [0.15, 0.2) is 0 Å². The molecule has 3 rings (SSSR count). The Labute approximate surface area is 115 Å². The third-order valence-corrected chi connectivity index (χ3v) is 5.26. The summed E-state index contributed by atoms with van der Waals surface area (Å²) in [7, 11) is 0. The Morgan fingerprint density at radius 1 is 1.16 bits per heavy atom. The summed E-state index contributed by atoms with van der Waals surface area (Å²) in [4.78, 5) is 12.2. The highest BCUT2D eigenvalue weighted by Gasteiger charge is 2.38. The minimum Gasteiger partial charge on any atom is -0.393 e. The fourth-order valence-electron chi connectivity index (χ4n) is 4.12. The summed E-state index contributed by atoms with van der Waals surface area (Å²) in [6.45, 7) is 0.739. The van der Waals surface area contributed by atoms with Gasteiger partial charge in [-0.2, -0.15) is 0 Å². The Balaban J connectivity index is 1.43. The normalized spacial score (nSPS) is 42.1. The zero-order chi connectivity index (χ0) is 13.2. The molecule has 0 spiro atoms. The highest BCUT2D eigenvalue weighted by atomic mass is 16.3. The van der Waals surface area contributed by atoms with E-state index in [-0.39, 0.29) is 18.1 Å². The van der Waals surface area contributed by atoms with Crippen molar-refractivity contribution < 1.29 is 9.90 Å². The summed E-state index contributed by atoms with van der Waals surface area (Å²) in [5, 5.41) is 16.1. The number of fused-ring (bicyclic) bond motifs is 1. The van der Waals surface area contributed by atoms with Crippen LogP contribution in [0.4, 0.5) is 0 Å². The van der Waals surface area contributed by atoms with Crippen LogP contribution in [0.2, 0.25) is 0 Å². The Hall–Kier alpha value is -0.610. The molecule has 5 unspecified atom stereocenters. The van der Waals surface area contributed by atoms with Gasteiger partial charge in [0.05, 0.1) is 12.1 Å². The van der Waals surface area contributed by atoms with Crippen LogP contribution in [-0.2, 0) is 4.79 Å². The van der Waals surface area contributed by atoms with E-state index in [0.29, 0.717) is 12.0 Å². The predicted octanol–water partition coefficient (Wildman–Crippen LogP) is 1.18. The lowest BCUT2D eigenvalue weighted by Gasteiger charge is -2.24. The molecular formula is C15H26N2O2. The first kappa shape index (κ1) is 13.4. The number of rotatable bonds is 3. The number of aliphatic hydroxyl groups excluding tert-OH is 1. The first-order chi connectivity index (χ1) is 9.22. The van der Waals surface area contributed by atoms with E-state index in [1.54, 1.807) is 0 Å². The Bertz CT molecular complexity index is 320. The third-order valence-electron chi connectivity index (χ3n) is 5.26. The van der Waals surface area contributed by atoms with Gasteiger partial charge in [-0.05, 0) is 50.4 Å². The summed E-state index contributed by atoms with van der Waals surface area (Å²) in [6, 6.07) is 0.609. The number of aliphatic hydroxyl groups is 1. The SMILES string of the molecule is O=C(NCC1CCC(O)C1)C1CC2CCCCC2N1. The number of hydrogen-bond donors (Lipinski definition) is 3. The van der Waals surface area contributed by atoms with Gasteiger partial charge >= 0.3 is 0 Å². The summed E-state index contributed by atoms with van der Waals surface area (Å²) in [5.41, 5.74) is 0. The largest absolute Gasteiger partial charge is 0.393 e. The van der Waals surface area contributed by atoms with Crippen molar-refractivity contribution in [3.63, 3.8) is 0 Å². The molecule has 2 saturated carbocycles. The molecule has 108 valence electrons. The quantitative estimate of drug-likeness (QED) is 0.719. The second-order valence-corrected chi connectivity index (χ2v) is 6.68. The van der Waals surface area contributed by atoms with Gasteiger partial charge < -0.3 is 15.7 Å². The molecule has 1 aliphatic heterocycles. The average molecular weight is 266 g/mol. The molecule has 0 bridgehead atoms. The zero-order valence-electron chi connectivity index (χ0n) is 11.6. The molecule has 0 aromatic rings. The molecule has 3 fully saturated rings. The number of carbonyl (C=O) groups is 1. The fourth-order valence-corrected chi connectivity index (χ4v) is 4.12. The van der Waals surface area contributed by atoms with E-state index in [4.69, 9.17) is 0 Å². The summed E-state index contributed by atoms with van der Waals surface area (Å²) >= 11 is 0. The van der Waals surface area contributed by atoms with Gasteiger partial charge in [0.15, 0.2) is 0 Å². The minimum absolute atomic E-state index is 0.0272. The second-order valence-electron chi connectivity index (χ2n) is 6.68. The van der Waals surface area contributed by atoms with Crippen molar-refractivity contribution in [1.29, 1.82) is 0 Å². The molecule has 4 heteroatoms. The molecule has 4 nitrogen and oxygen atoms in total. The topological polar surface area (TPSA) is 61.4 Å². The summed E-state index contributed by atoms with van der Waals surface area (Å²) in [6.07, 6.45) is 8.83. The minimum atomic E-state index is -0.144. The molecule has 1 amide bonds. The zero-order valence-corrected chi connectivity index (χ0v) is 11.6. The first-order valence-electron chi connectivity index (χ1n) is 7.94. The van der Waals surface area contributed by atoms with Crippen LogP contribution in [0.25, 0.3) is 0 Å². The molecule has 0 aromatic carbocycles. The highest BCUT2D eigenvalue weighted by Crippen LogP contribution is 2.33. The lowest BCUT2D eigenvalue weighted by Crippen LogP contribution is -2.44. The van der Waals surface area contributed by atoms with Gasteiger partial charge in [-0.1, -0.05) is 12.8 Å². The first-order valence-corrected chi connectivity index (χ1v) is 7.94. The number of nitrogens with one attached hydrogen (secondary N) is 2. The summed E-state index contributed by atoms with van der Waals surface area (Å²) in [5.74, 6) is 1.37. The molecule has 3 aliphatic rings. The average Bonchev–Trinajstić information content (AvgIpc) is 3.01. The van der Waals surface area contributed by atoms with Gasteiger partial charge in [-0.15, -0.1) is 0 Å². The van der Waals surface area contributed by atoms with Crippen LogP contribution in [0.5, 0.6) is 0 Å². The molecule has 3 N–H and O–H groups in total. The standard InChI is InChI=1S/C15H26N2O2/c18-12-6-5-10(7-12)9-16-15(19)14-8-11-3-1-2-4-13(11)17-14/h10-14,17-18H,1-9H2,(H,16,19). The molecule has 0 radical (unpaired) electrons. The van der Waals surface area contributed by atoms with E-state index >= 15 is 0 Å². The Morgan fingerprint density at radius 2 is 2.00 bits per heavy atom. The van der Waals surface area contributed by atoms with Crippen molar-refractivity contribution in [2.45, 2.75) is 69.6 Å². The summed E-state index contributed by atoms with van der Waals surface area (Å²) < 4.78 is 0. The molecule has 5 atom stereocenters.